The summed E-state index contributed by atoms with van der Waals surface area (Å²) in [6.45, 7) is 2.58. The van der Waals surface area contributed by atoms with Gasteiger partial charge in [0, 0.05) is 25.2 Å². The molecule has 0 aliphatic rings. The first-order valence-electron chi connectivity index (χ1n) is 5.45. The topological polar surface area (TPSA) is 55.1 Å². The molecule has 0 aliphatic heterocycles. The van der Waals surface area contributed by atoms with Crippen molar-refractivity contribution in [2.45, 2.75) is 13.5 Å². The zero-order valence-corrected chi connectivity index (χ0v) is 9.96. The van der Waals surface area contributed by atoms with Crippen molar-refractivity contribution in [1.29, 1.82) is 0 Å². The van der Waals surface area contributed by atoms with Crippen molar-refractivity contribution in [1.82, 2.24) is 20.3 Å². The van der Waals surface area contributed by atoms with E-state index in [1.807, 2.05) is 49.1 Å². The summed E-state index contributed by atoms with van der Waals surface area (Å²) in [5.41, 5.74) is 2.95. The van der Waals surface area contributed by atoms with E-state index >= 15 is 0 Å². The fourth-order valence-electron chi connectivity index (χ4n) is 1.41. The second-order valence-corrected chi connectivity index (χ2v) is 3.65. The summed E-state index contributed by atoms with van der Waals surface area (Å²) in [7, 11) is 1.87. The largest absolute Gasteiger partial charge is 0.390 e. The molecule has 2 aromatic rings. The maximum absolute atomic E-state index is 4.19. The van der Waals surface area contributed by atoms with Gasteiger partial charge in [0.2, 0.25) is 0 Å². The summed E-state index contributed by atoms with van der Waals surface area (Å²) < 4.78 is 1.82. The highest BCUT2D eigenvalue weighted by Gasteiger charge is 2.00. The number of aliphatic imine (C=N–C) groups is 1. The van der Waals surface area contributed by atoms with Gasteiger partial charge in [-0.1, -0.05) is 17.3 Å². The fourth-order valence-corrected chi connectivity index (χ4v) is 1.41. The Labute approximate surface area is 99.9 Å². The molecule has 0 amide bonds. The summed E-state index contributed by atoms with van der Waals surface area (Å²) in [6.07, 6.45) is 3.58. The number of nitrogens with zero attached hydrogens (tertiary/aromatic N) is 4. The summed E-state index contributed by atoms with van der Waals surface area (Å²) in [5, 5.41) is 11.1. The average molecular weight is 229 g/mol. The molecule has 1 aromatic carbocycles. The second-order valence-electron chi connectivity index (χ2n) is 3.65. The first kappa shape index (κ1) is 11.3. The van der Waals surface area contributed by atoms with Crippen LogP contribution >= 0.6 is 0 Å². The van der Waals surface area contributed by atoms with Crippen LogP contribution in [0.4, 0.5) is 0 Å². The van der Waals surface area contributed by atoms with Crippen LogP contribution in [0.25, 0.3) is 11.0 Å². The number of allylic oxidation sites excluding steroid dienone is 1. The molecule has 2 rings (SSSR count). The molecule has 0 saturated carbocycles. The molecular formula is C12H15N5. The predicted molar refractivity (Wildman–Crippen MR) is 68.8 cm³/mol. The van der Waals surface area contributed by atoms with Crippen LogP contribution in [0.15, 0.2) is 41.2 Å². The molecule has 0 bridgehead atoms. The lowest BCUT2D eigenvalue weighted by atomic mass is 10.3. The lowest BCUT2D eigenvalue weighted by Gasteiger charge is -1.96. The number of para-hydroxylation sites is 1. The maximum Gasteiger partial charge on any atom is 0.113 e. The Morgan fingerprint density at radius 1 is 1.47 bits per heavy atom. The molecule has 0 radical (unpaired) electrons. The zero-order valence-electron chi connectivity index (χ0n) is 9.96. The van der Waals surface area contributed by atoms with Gasteiger partial charge in [-0.3, -0.25) is 4.99 Å². The van der Waals surface area contributed by atoms with Crippen molar-refractivity contribution in [2.24, 2.45) is 4.99 Å². The summed E-state index contributed by atoms with van der Waals surface area (Å²) in [4.78, 5) is 4.19. The molecule has 0 unspecified atom stereocenters. The molecule has 1 aromatic heterocycles. The van der Waals surface area contributed by atoms with Gasteiger partial charge in [0.05, 0.1) is 12.1 Å². The molecule has 17 heavy (non-hydrogen) atoms. The van der Waals surface area contributed by atoms with Gasteiger partial charge >= 0.3 is 0 Å². The van der Waals surface area contributed by atoms with Gasteiger partial charge in [-0.05, 0) is 19.1 Å². The van der Waals surface area contributed by atoms with E-state index in [1.54, 1.807) is 6.20 Å². The van der Waals surface area contributed by atoms with Crippen LogP contribution in [0.5, 0.6) is 0 Å². The number of aromatic nitrogens is 3. The molecule has 5 nitrogen and oxygen atoms in total. The minimum absolute atomic E-state index is 0.619. The first-order chi connectivity index (χ1) is 8.31. The Balaban J connectivity index is 2.09. The van der Waals surface area contributed by atoms with Crippen LogP contribution in [0, 0.1) is 0 Å². The molecule has 1 heterocycles. The Morgan fingerprint density at radius 2 is 2.29 bits per heavy atom. The number of rotatable bonds is 4. The second kappa shape index (κ2) is 5.25. The van der Waals surface area contributed by atoms with Crippen molar-refractivity contribution < 1.29 is 0 Å². The SMILES string of the molecule is CN/C(C)=C/N=C\Cn1nnc2ccccc21. The van der Waals surface area contributed by atoms with Gasteiger partial charge in [-0.15, -0.1) is 5.10 Å². The van der Waals surface area contributed by atoms with Gasteiger partial charge in [0.15, 0.2) is 0 Å². The number of benzene rings is 1. The highest BCUT2D eigenvalue weighted by Crippen LogP contribution is 2.08. The smallest absolute Gasteiger partial charge is 0.113 e. The molecule has 1 N–H and O–H groups in total. The van der Waals surface area contributed by atoms with E-state index in [0.717, 1.165) is 16.7 Å². The predicted octanol–water partition coefficient (Wildman–Crippen LogP) is 1.58. The van der Waals surface area contributed by atoms with Crippen LogP contribution in [0.3, 0.4) is 0 Å². The molecule has 0 spiro atoms. The van der Waals surface area contributed by atoms with Crippen LogP contribution in [-0.2, 0) is 6.54 Å². The van der Waals surface area contributed by atoms with Crippen LogP contribution < -0.4 is 5.32 Å². The third-order valence-electron chi connectivity index (χ3n) is 2.44. The molecular weight excluding hydrogens is 214 g/mol. The van der Waals surface area contributed by atoms with E-state index in [4.69, 9.17) is 0 Å². The molecule has 0 atom stereocenters. The van der Waals surface area contributed by atoms with E-state index in [9.17, 15) is 0 Å². The van der Waals surface area contributed by atoms with Crippen molar-refractivity contribution in [3.8, 4) is 0 Å². The summed E-state index contributed by atoms with van der Waals surface area (Å²) in [5.74, 6) is 0. The standard InChI is InChI=1S/C12H15N5/c1-10(13-2)9-14-7-8-17-12-6-4-3-5-11(12)15-16-17/h3-7,9,13H,8H2,1-2H3/b10-9+,14-7-. The van der Waals surface area contributed by atoms with Gasteiger partial charge in [0.1, 0.15) is 5.52 Å². The van der Waals surface area contributed by atoms with Crippen LogP contribution in [-0.4, -0.2) is 28.3 Å². The Kier molecular flexibility index (Phi) is 3.49. The molecule has 0 aliphatic carbocycles. The summed E-state index contributed by atoms with van der Waals surface area (Å²) >= 11 is 0. The van der Waals surface area contributed by atoms with Crippen LogP contribution in [0.2, 0.25) is 0 Å². The highest BCUT2D eigenvalue weighted by atomic mass is 15.4. The monoisotopic (exact) mass is 229 g/mol. The third kappa shape index (κ3) is 2.69. The third-order valence-corrected chi connectivity index (χ3v) is 2.44. The van der Waals surface area contributed by atoms with Gasteiger partial charge in [-0.2, -0.15) is 0 Å². The van der Waals surface area contributed by atoms with Crippen molar-refractivity contribution in [2.75, 3.05) is 7.05 Å². The Hall–Kier alpha value is -2.17. The van der Waals surface area contributed by atoms with Gasteiger partial charge < -0.3 is 5.32 Å². The highest BCUT2D eigenvalue weighted by molar-refractivity contribution is 5.75. The quantitative estimate of drug-likeness (QED) is 0.810. The number of fused-ring (bicyclic) bond motifs is 1. The van der Waals surface area contributed by atoms with Crippen molar-refractivity contribution in [3.63, 3.8) is 0 Å². The zero-order chi connectivity index (χ0) is 12.1. The van der Waals surface area contributed by atoms with Crippen LogP contribution in [0.1, 0.15) is 6.92 Å². The number of nitrogens with one attached hydrogen (secondary N) is 1. The van der Waals surface area contributed by atoms with Gasteiger partial charge in [-0.25, -0.2) is 4.68 Å². The molecule has 5 heteroatoms. The Morgan fingerprint density at radius 3 is 3.12 bits per heavy atom. The van der Waals surface area contributed by atoms with Crippen molar-refractivity contribution in [3.05, 3.63) is 36.2 Å². The molecule has 0 fully saturated rings. The lowest BCUT2D eigenvalue weighted by Crippen LogP contribution is -2.02. The average Bonchev–Trinajstić information content (AvgIpc) is 2.78. The normalized spacial score (nSPS) is 12.5. The Bertz CT molecular complexity index is 553. The maximum atomic E-state index is 4.19. The fraction of sp³-hybridized carbons (Fsp3) is 0.250. The van der Waals surface area contributed by atoms with E-state index < -0.39 is 0 Å². The minimum atomic E-state index is 0.619. The van der Waals surface area contributed by atoms with E-state index in [-0.39, 0.29) is 0 Å². The first-order valence-corrected chi connectivity index (χ1v) is 5.45. The lowest BCUT2D eigenvalue weighted by molar-refractivity contribution is 0.707. The summed E-state index contributed by atoms with van der Waals surface area (Å²) in [6, 6.07) is 7.87. The van der Waals surface area contributed by atoms with Crippen molar-refractivity contribution >= 4 is 17.2 Å². The van der Waals surface area contributed by atoms with E-state index in [1.165, 1.54) is 0 Å². The molecule has 0 saturated heterocycles. The minimum Gasteiger partial charge on any atom is -0.390 e. The number of hydrogen-bond donors (Lipinski definition) is 1. The van der Waals surface area contributed by atoms with E-state index in [0.29, 0.717) is 6.54 Å². The van der Waals surface area contributed by atoms with E-state index in [2.05, 4.69) is 20.6 Å². The van der Waals surface area contributed by atoms with Gasteiger partial charge in [0.25, 0.3) is 0 Å². The molecule has 88 valence electrons. The number of hydrogen-bond acceptors (Lipinski definition) is 4.